The van der Waals surface area contributed by atoms with Crippen LogP contribution in [0.1, 0.15) is 68.2 Å². The molecule has 4 aromatic carbocycles. The van der Waals surface area contributed by atoms with E-state index in [-0.39, 0.29) is 37.1 Å². The van der Waals surface area contributed by atoms with Crippen molar-refractivity contribution in [3.05, 3.63) is 130 Å². The van der Waals surface area contributed by atoms with Crippen molar-refractivity contribution in [3.8, 4) is 23.0 Å². The first-order valence-electron chi connectivity index (χ1n) is 19.5. The van der Waals surface area contributed by atoms with Crippen LogP contribution >= 0.6 is 0 Å². The molecule has 12 heteroatoms. The summed E-state index contributed by atoms with van der Waals surface area (Å²) in [5.41, 5.74) is 9.09. The fraction of sp³-hybridized carbons (Fsp3) is 0.283. The number of aromatic nitrogens is 1. The highest BCUT2D eigenvalue weighted by Gasteiger charge is 2.35. The highest BCUT2D eigenvalue weighted by molar-refractivity contribution is 6.04. The van der Waals surface area contributed by atoms with Crippen molar-refractivity contribution in [1.82, 2.24) is 14.8 Å². The number of hydrogen-bond acceptors (Lipinski definition) is 10. The van der Waals surface area contributed by atoms with Crippen LogP contribution in [0.15, 0.2) is 94.9 Å². The van der Waals surface area contributed by atoms with E-state index in [2.05, 4.69) is 49.5 Å². The number of nitrogens with zero attached hydrogens (tertiary/aromatic N) is 5. The third-order valence-electron chi connectivity index (χ3n) is 11.1. The average Bonchev–Trinajstić information content (AvgIpc) is 3.45. The molecule has 2 atom stereocenters. The Bertz CT molecular complexity index is 2500. The SMILES string of the molecule is COc1cc2c(cc1OCc1cccc(COc3cc4c(cc3OC)C(=O)N3Cc5cc(NC(C)C)ccc5C[C@H]3C=N4)n1)N=C[C@@H]1Cc3ccccc3CN1C2=O. The van der Waals surface area contributed by atoms with Gasteiger partial charge in [0.1, 0.15) is 13.2 Å². The zero-order valence-electron chi connectivity index (χ0n) is 32.9. The molecule has 0 saturated carbocycles. The molecule has 0 bridgehead atoms. The van der Waals surface area contributed by atoms with E-state index in [1.807, 2.05) is 52.6 Å². The van der Waals surface area contributed by atoms with E-state index >= 15 is 0 Å². The van der Waals surface area contributed by atoms with Crippen LogP contribution in [0, 0.1) is 0 Å². The summed E-state index contributed by atoms with van der Waals surface area (Å²) in [6.45, 7) is 5.51. The first kappa shape index (κ1) is 36.9. The molecule has 5 heterocycles. The number of anilines is 1. The second-order valence-corrected chi connectivity index (χ2v) is 15.3. The first-order chi connectivity index (χ1) is 28.2. The fourth-order valence-corrected chi connectivity index (χ4v) is 8.12. The van der Waals surface area contributed by atoms with Gasteiger partial charge in [-0.25, -0.2) is 0 Å². The Morgan fingerprint density at radius 3 is 1.72 bits per heavy atom. The van der Waals surface area contributed by atoms with Crippen LogP contribution in [0.3, 0.4) is 0 Å². The molecule has 4 aliphatic rings. The van der Waals surface area contributed by atoms with Gasteiger partial charge in [0, 0.05) is 49.4 Å². The van der Waals surface area contributed by atoms with E-state index in [1.54, 1.807) is 38.5 Å². The van der Waals surface area contributed by atoms with Gasteiger partial charge in [-0.3, -0.25) is 24.6 Å². The maximum atomic E-state index is 14.0. The number of aliphatic imine (C=N–C) groups is 2. The molecular weight excluding hydrogens is 733 g/mol. The van der Waals surface area contributed by atoms with Crippen LogP contribution < -0.4 is 24.3 Å². The van der Waals surface area contributed by atoms with Gasteiger partial charge in [-0.05, 0) is 85.3 Å². The van der Waals surface area contributed by atoms with Crippen molar-refractivity contribution in [1.29, 1.82) is 0 Å². The summed E-state index contributed by atoms with van der Waals surface area (Å²) in [6.07, 6.45) is 5.12. The molecule has 0 saturated heterocycles. The zero-order chi connectivity index (χ0) is 39.9. The number of pyridine rings is 1. The lowest BCUT2D eigenvalue weighted by Crippen LogP contribution is -2.44. The summed E-state index contributed by atoms with van der Waals surface area (Å²) in [7, 11) is 3.11. The lowest BCUT2D eigenvalue weighted by Gasteiger charge is -2.34. The molecule has 0 fully saturated rings. The minimum Gasteiger partial charge on any atom is -0.493 e. The summed E-state index contributed by atoms with van der Waals surface area (Å²) in [5, 5.41) is 3.46. The number of amides is 2. The largest absolute Gasteiger partial charge is 0.493 e. The summed E-state index contributed by atoms with van der Waals surface area (Å²) < 4.78 is 23.9. The number of methoxy groups -OCH3 is 2. The van der Waals surface area contributed by atoms with Crippen LogP contribution in [-0.4, -0.2) is 71.4 Å². The Morgan fingerprint density at radius 2 is 1.17 bits per heavy atom. The highest BCUT2D eigenvalue weighted by atomic mass is 16.5. The fourth-order valence-electron chi connectivity index (χ4n) is 8.12. The van der Waals surface area contributed by atoms with Gasteiger partial charge < -0.3 is 34.1 Å². The predicted molar refractivity (Wildman–Crippen MR) is 222 cm³/mol. The van der Waals surface area contributed by atoms with Crippen molar-refractivity contribution in [2.45, 2.75) is 71.1 Å². The molecule has 9 rings (SSSR count). The molecule has 1 N–H and O–H groups in total. The molecule has 12 nitrogen and oxygen atoms in total. The summed E-state index contributed by atoms with van der Waals surface area (Å²) in [6, 6.07) is 27.2. The van der Waals surface area contributed by atoms with E-state index < -0.39 is 0 Å². The molecule has 0 unspecified atom stereocenters. The first-order valence-corrected chi connectivity index (χ1v) is 19.5. The van der Waals surface area contributed by atoms with E-state index in [9.17, 15) is 9.59 Å². The number of carbonyl (C=O) groups excluding carboxylic acids is 2. The van der Waals surface area contributed by atoms with Gasteiger partial charge in [0.2, 0.25) is 0 Å². The molecule has 1 aromatic heterocycles. The third-order valence-corrected chi connectivity index (χ3v) is 11.1. The van der Waals surface area contributed by atoms with Crippen molar-refractivity contribution in [2.75, 3.05) is 19.5 Å². The number of ether oxygens (including phenoxy) is 4. The molecule has 2 amide bonds. The minimum absolute atomic E-state index is 0.0917. The van der Waals surface area contributed by atoms with Gasteiger partial charge in [-0.15, -0.1) is 0 Å². The maximum absolute atomic E-state index is 14.0. The third kappa shape index (κ3) is 7.10. The van der Waals surface area contributed by atoms with E-state index in [0.29, 0.717) is 88.9 Å². The summed E-state index contributed by atoms with van der Waals surface area (Å²) >= 11 is 0. The van der Waals surface area contributed by atoms with E-state index in [4.69, 9.17) is 33.9 Å². The van der Waals surface area contributed by atoms with Crippen molar-refractivity contribution in [3.63, 3.8) is 0 Å². The van der Waals surface area contributed by atoms with Gasteiger partial charge in [0.15, 0.2) is 23.0 Å². The molecule has 5 aromatic rings. The van der Waals surface area contributed by atoms with Crippen LogP contribution in [-0.2, 0) is 39.1 Å². The van der Waals surface area contributed by atoms with Crippen molar-refractivity contribution in [2.24, 2.45) is 9.98 Å². The van der Waals surface area contributed by atoms with Crippen LogP contribution in [0.25, 0.3) is 0 Å². The quantitative estimate of drug-likeness (QED) is 0.153. The Labute approximate surface area is 337 Å². The Hall–Kier alpha value is -6.69. The van der Waals surface area contributed by atoms with Crippen LogP contribution in [0.5, 0.6) is 23.0 Å². The van der Waals surface area contributed by atoms with Gasteiger partial charge in [-0.2, -0.15) is 0 Å². The predicted octanol–water partition coefficient (Wildman–Crippen LogP) is 7.64. The highest BCUT2D eigenvalue weighted by Crippen LogP contribution is 2.41. The normalized spacial score (nSPS) is 17.5. The van der Waals surface area contributed by atoms with Crippen LogP contribution in [0.2, 0.25) is 0 Å². The topological polar surface area (TPSA) is 127 Å². The second kappa shape index (κ2) is 15.3. The van der Waals surface area contributed by atoms with Gasteiger partial charge >= 0.3 is 0 Å². The number of benzene rings is 4. The summed E-state index contributed by atoms with van der Waals surface area (Å²) in [4.78, 5) is 45.9. The van der Waals surface area contributed by atoms with Gasteiger partial charge in [-0.1, -0.05) is 36.4 Å². The standard InChI is InChI=1S/C46H44N6O6/c1-27(2)49-32-13-12-29-16-36-22-48-40-20-44(42(56-4)18-38(40)46(54)52(36)24-31(29)14-32)58-26-34-11-7-10-33(50-34)25-57-43-19-39-37(17-41(43)55-3)45(53)51-23-30-9-6-5-8-28(30)15-35(51)21-47-39/h5-14,17-22,27,35-36,49H,15-16,23-26H2,1-4H3/t35-,36-/m0/s1. The molecule has 4 aliphatic heterocycles. The Balaban J connectivity index is 0.885. The molecule has 0 aliphatic carbocycles. The monoisotopic (exact) mass is 776 g/mol. The van der Waals surface area contributed by atoms with Gasteiger partial charge in [0.25, 0.3) is 11.8 Å². The Morgan fingerprint density at radius 1 is 0.638 bits per heavy atom. The molecule has 58 heavy (non-hydrogen) atoms. The number of hydrogen-bond donors (Lipinski definition) is 1. The van der Waals surface area contributed by atoms with Gasteiger partial charge in [0.05, 0.1) is 60.2 Å². The smallest absolute Gasteiger partial charge is 0.257 e. The average molecular weight is 777 g/mol. The van der Waals surface area contributed by atoms with E-state index in [0.717, 1.165) is 16.8 Å². The van der Waals surface area contributed by atoms with Crippen molar-refractivity contribution < 1.29 is 28.5 Å². The number of nitrogens with one attached hydrogen (secondary N) is 1. The van der Waals surface area contributed by atoms with Crippen LogP contribution in [0.4, 0.5) is 17.1 Å². The number of rotatable bonds is 10. The van der Waals surface area contributed by atoms with Crippen molar-refractivity contribution >= 4 is 41.3 Å². The minimum atomic E-state index is -0.164. The lowest BCUT2D eigenvalue weighted by atomic mass is 9.93. The zero-order valence-corrected chi connectivity index (χ0v) is 32.9. The second-order valence-electron chi connectivity index (χ2n) is 15.3. The molecule has 0 radical (unpaired) electrons. The molecular formula is C46H44N6O6. The molecule has 294 valence electrons. The Kier molecular flexibility index (Phi) is 9.76. The molecule has 0 spiro atoms. The number of fused-ring (bicyclic) bond motifs is 6. The maximum Gasteiger partial charge on any atom is 0.257 e. The number of carbonyl (C=O) groups is 2. The van der Waals surface area contributed by atoms with E-state index in [1.165, 1.54) is 11.1 Å². The summed E-state index contributed by atoms with van der Waals surface area (Å²) in [5.74, 6) is 1.57. The lowest BCUT2D eigenvalue weighted by molar-refractivity contribution is 0.0696.